The molecule has 0 radical (unpaired) electrons. The Kier molecular flexibility index (Phi) is 4.28. The Morgan fingerprint density at radius 2 is 2.00 bits per heavy atom. The minimum Gasteiger partial charge on any atom is -0.497 e. The Morgan fingerprint density at radius 3 is 2.74 bits per heavy atom. The van der Waals surface area contributed by atoms with Gasteiger partial charge in [0.1, 0.15) is 11.4 Å². The number of carbonyl (C=O) groups is 1. The zero-order valence-electron chi connectivity index (χ0n) is 13.2. The first-order valence-electron chi connectivity index (χ1n) is 7.48. The monoisotopic (exact) mass is 309 g/mol. The molecule has 0 spiro atoms. The fourth-order valence-corrected chi connectivity index (χ4v) is 2.51. The van der Waals surface area contributed by atoms with Gasteiger partial charge in [-0.15, -0.1) is 0 Å². The topological polar surface area (TPSA) is 58.2 Å². The highest BCUT2D eigenvalue weighted by atomic mass is 16.5. The van der Waals surface area contributed by atoms with Crippen LogP contribution in [-0.2, 0) is 6.42 Å². The molecule has 1 N–H and O–H groups in total. The number of likely N-dealkylation sites (N-methyl/N-ethyl adjacent to an activating group) is 1. The molecule has 0 saturated carbocycles. The lowest BCUT2D eigenvalue weighted by Gasteiger charge is -2.16. The Balaban J connectivity index is 1.71. The molecule has 0 atom stereocenters. The van der Waals surface area contributed by atoms with Crippen molar-refractivity contribution in [2.45, 2.75) is 6.42 Å². The second kappa shape index (κ2) is 6.52. The highest BCUT2D eigenvalue weighted by Crippen LogP contribution is 2.22. The predicted octanol–water partition coefficient (Wildman–Crippen LogP) is 2.89. The van der Waals surface area contributed by atoms with Gasteiger partial charge in [0, 0.05) is 36.9 Å². The van der Waals surface area contributed by atoms with Crippen molar-refractivity contribution in [3.63, 3.8) is 0 Å². The number of H-pyrrole nitrogens is 1. The van der Waals surface area contributed by atoms with Crippen molar-refractivity contribution in [3.05, 3.63) is 60.0 Å². The normalized spacial score (nSPS) is 10.7. The SMILES string of the molecule is COc1ccc2[nH]c(C(=O)N(C)CCc3ccncc3)cc2c1. The number of ether oxygens (including phenoxy) is 1. The minimum absolute atomic E-state index is 0.0192. The molecule has 0 aliphatic rings. The summed E-state index contributed by atoms with van der Waals surface area (Å²) in [5.74, 6) is 0.760. The third kappa shape index (κ3) is 3.34. The summed E-state index contributed by atoms with van der Waals surface area (Å²) in [5, 5.41) is 0.968. The maximum absolute atomic E-state index is 12.5. The molecule has 2 aromatic heterocycles. The van der Waals surface area contributed by atoms with E-state index in [1.807, 2.05) is 43.4 Å². The fourth-order valence-electron chi connectivity index (χ4n) is 2.51. The smallest absolute Gasteiger partial charge is 0.270 e. The van der Waals surface area contributed by atoms with E-state index in [1.54, 1.807) is 24.4 Å². The minimum atomic E-state index is -0.0192. The predicted molar refractivity (Wildman–Crippen MR) is 89.8 cm³/mol. The van der Waals surface area contributed by atoms with Crippen molar-refractivity contribution >= 4 is 16.8 Å². The third-order valence-corrected chi connectivity index (χ3v) is 3.89. The van der Waals surface area contributed by atoms with Crippen molar-refractivity contribution in [2.24, 2.45) is 0 Å². The van der Waals surface area contributed by atoms with E-state index in [4.69, 9.17) is 4.74 Å². The van der Waals surface area contributed by atoms with Gasteiger partial charge in [0.15, 0.2) is 0 Å². The molecule has 3 aromatic rings. The number of aromatic nitrogens is 2. The van der Waals surface area contributed by atoms with Crippen LogP contribution in [0.4, 0.5) is 0 Å². The molecule has 0 fully saturated rings. The molecule has 1 amide bonds. The number of hydrogen-bond donors (Lipinski definition) is 1. The van der Waals surface area contributed by atoms with E-state index >= 15 is 0 Å². The molecule has 0 unspecified atom stereocenters. The van der Waals surface area contributed by atoms with Crippen LogP contribution in [0.5, 0.6) is 5.75 Å². The molecule has 5 nitrogen and oxygen atoms in total. The second-order valence-electron chi connectivity index (χ2n) is 5.47. The average Bonchev–Trinajstić information content (AvgIpc) is 3.02. The molecular formula is C18H19N3O2. The number of methoxy groups -OCH3 is 1. The van der Waals surface area contributed by atoms with Crippen LogP contribution in [0.15, 0.2) is 48.8 Å². The quantitative estimate of drug-likeness (QED) is 0.788. The van der Waals surface area contributed by atoms with Gasteiger partial charge in [-0.25, -0.2) is 0 Å². The van der Waals surface area contributed by atoms with E-state index in [2.05, 4.69) is 9.97 Å². The summed E-state index contributed by atoms with van der Waals surface area (Å²) in [4.78, 5) is 21.4. The van der Waals surface area contributed by atoms with Crippen LogP contribution in [0.3, 0.4) is 0 Å². The zero-order chi connectivity index (χ0) is 16.2. The van der Waals surface area contributed by atoms with E-state index in [1.165, 1.54) is 5.56 Å². The lowest BCUT2D eigenvalue weighted by molar-refractivity contribution is 0.0792. The molecule has 23 heavy (non-hydrogen) atoms. The number of rotatable bonds is 5. The van der Waals surface area contributed by atoms with Crippen molar-refractivity contribution in [2.75, 3.05) is 20.7 Å². The largest absolute Gasteiger partial charge is 0.497 e. The van der Waals surface area contributed by atoms with Crippen LogP contribution in [-0.4, -0.2) is 41.5 Å². The molecule has 0 aliphatic carbocycles. The van der Waals surface area contributed by atoms with Crippen LogP contribution in [0.2, 0.25) is 0 Å². The first-order valence-corrected chi connectivity index (χ1v) is 7.48. The number of nitrogens with one attached hydrogen (secondary N) is 1. The number of pyridine rings is 1. The molecule has 0 saturated heterocycles. The number of nitrogens with zero attached hydrogens (tertiary/aromatic N) is 2. The van der Waals surface area contributed by atoms with Gasteiger partial charge in [-0.05, 0) is 48.4 Å². The third-order valence-electron chi connectivity index (χ3n) is 3.89. The van der Waals surface area contributed by atoms with E-state index in [0.717, 1.165) is 23.1 Å². The summed E-state index contributed by atoms with van der Waals surface area (Å²) in [5.41, 5.74) is 2.68. The maximum Gasteiger partial charge on any atom is 0.270 e. The zero-order valence-corrected chi connectivity index (χ0v) is 13.2. The lowest BCUT2D eigenvalue weighted by atomic mass is 10.2. The summed E-state index contributed by atoms with van der Waals surface area (Å²) in [7, 11) is 3.45. The van der Waals surface area contributed by atoms with Crippen molar-refractivity contribution < 1.29 is 9.53 Å². The molecule has 118 valence electrons. The molecule has 1 aromatic carbocycles. The lowest BCUT2D eigenvalue weighted by Crippen LogP contribution is -2.29. The van der Waals surface area contributed by atoms with Crippen molar-refractivity contribution in [1.29, 1.82) is 0 Å². The maximum atomic E-state index is 12.5. The van der Waals surface area contributed by atoms with Gasteiger partial charge in [-0.1, -0.05) is 0 Å². The van der Waals surface area contributed by atoms with Gasteiger partial charge in [0.2, 0.25) is 0 Å². The number of amides is 1. The summed E-state index contributed by atoms with van der Waals surface area (Å²) >= 11 is 0. The Morgan fingerprint density at radius 1 is 1.22 bits per heavy atom. The van der Waals surface area contributed by atoms with Crippen molar-refractivity contribution in [1.82, 2.24) is 14.9 Å². The van der Waals surface area contributed by atoms with Gasteiger partial charge in [0.05, 0.1) is 7.11 Å². The first-order chi connectivity index (χ1) is 11.2. The van der Waals surface area contributed by atoms with Crippen LogP contribution >= 0.6 is 0 Å². The summed E-state index contributed by atoms with van der Waals surface area (Å²) in [6.45, 7) is 0.654. The van der Waals surface area contributed by atoms with E-state index in [-0.39, 0.29) is 5.91 Å². The highest BCUT2D eigenvalue weighted by Gasteiger charge is 2.14. The number of fused-ring (bicyclic) bond motifs is 1. The molecule has 0 aliphatic heterocycles. The fraction of sp³-hybridized carbons (Fsp3) is 0.222. The molecule has 5 heteroatoms. The Bertz CT molecular complexity index is 812. The number of carbonyl (C=O) groups excluding carboxylic acids is 1. The standard InChI is InChI=1S/C18H19N3O2/c1-21(10-7-13-5-8-19-9-6-13)18(22)17-12-14-11-15(23-2)3-4-16(14)20-17/h3-6,8-9,11-12,20H,7,10H2,1-2H3. The number of aromatic amines is 1. The second-order valence-corrected chi connectivity index (χ2v) is 5.47. The first kappa shape index (κ1) is 15.1. The average molecular weight is 309 g/mol. The van der Waals surface area contributed by atoms with Gasteiger partial charge >= 0.3 is 0 Å². The van der Waals surface area contributed by atoms with Crippen LogP contribution in [0, 0.1) is 0 Å². The summed E-state index contributed by atoms with van der Waals surface area (Å²) in [6, 6.07) is 11.5. The number of hydrogen-bond acceptors (Lipinski definition) is 3. The van der Waals surface area contributed by atoms with E-state index in [9.17, 15) is 4.79 Å². The number of benzene rings is 1. The molecule has 2 heterocycles. The summed E-state index contributed by atoms with van der Waals surface area (Å²) < 4.78 is 5.21. The molecule has 3 rings (SSSR count). The van der Waals surface area contributed by atoms with Gasteiger partial charge < -0.3 is 14.6 Å². The van der Waals surface area contributed by atoms with E-state index in [0.29, 0.717) is 12.2 Å². The van der Waals surface area contributed by atoms with Crippen molar-refractivity contribution in [3.8, 4) is 5.75 Å². The highest BCUT2D eigenvalue weighted by molar-refractivity contribution is 5.98. The van der Waals surface area contributed by atoms with Crippen LogP contribution < -0.4 is 4.74 Å². The Hall–Kier alpha value is -2.82. The summed E-state index contributed by atoms with van der Waals surface area (Å²) in [6.07, 6.45) is 4.34. The van der Waals surface area contributed by atoms with E-state index < -0.39 is 0 Å². The molecule has 0 bridgehead atoms. The van der Waals surface area contributed by atoms with Gasteiger partial charge in [0.25, 0.3) is 5.91 Å². The molecular weight excluding hydrogens is 290 g/mol. The van der Waals surface area contributed by atoms with Crippen LogP contribution in [0.1, 0.15) is 16.1 Å². The van der Waals surface area contributed by atoms with Gasteiger partial charge in [-0.3, -0.25) is 9.78 Å². The van der Waals surface area contributed by atoms with Gasteiger partial charge in [-0.2, -0.15) is 0 Å². The Labute approximate surface area is 134 Å². The van der Waals surface area contributed by atoms with Crippen LogP contribution in [0.25, 0.3) is 10.9 Å².